The predicted molar refractivity (Wildman–Crippen MR) is 109 cm³/mol. The number of aromatic nitrogens is 1. The van der Waals surface area contributed by atoms with E-state index < -0.39 is 5.41 Å². The maximum atomic E-state index is 12.7. The van der Waals surface area contributed by atoms with Crippen molar-refractivity contribution < 1.29 is 4.79 Å². The van der Waals surface area contributed by atoms with Crippen LogP contribution in [0.5, 0.6) is 0 Å². The van der Waals surface area contributed by atoms with E-state index in [0.29, 0.717) is 11.6 Å². The number of rotatable bonds is 6. The summed E-state index contributed by atoms with van der Waals surface area (Å²) < 4.78 is 0. The van der Waals surface area contributed by atoms with Gasteiger partial charge in [0.1, 0.15) is 0 Å². The monoisotopic (exact) mass is 364 g/mol. The van der Waals surface area contributed by atoms with Crippen molar-refractivity contribution in [2.45, 2.75) is 33.6 Å². The first-order valence-electron chi connectivity index (χ1n) is 8.88. The van der Waals surface area contributed by atoms with Crippen LogP contribution in [0, 0.1) is 5.41 Å². The fourth-order valence-corrected chi connectivity index (χ4v) is 3.54. The standard InChI is InChI=1S/C22H24N2OS/c1-4-16-10-12-18(13-11-16)19-15-26-21(23-19)24-20(25)22(2,3)14-17-8-6-5-7-9-17/h5-13,15H,4,14H2,1-3H3,(H,23,24,25). The summed E-state index contributed by atoms with van der Waals surface area (Å²) >= 11 is 1.46. The van der Waals surface area contributed by atoms with E-state index in [-0.39, 0.29) is 5.91 Å². The van der Waals surface area contributed by atoms with Gasteiger partial charge in [0.2, 0.25) is 5.91 Å². The molecule has 3 aromatic rings. The van der Waals surface area contributed by atoms with Gasteiger partial charge in [-0.25, -0.2) is 4.98 Å². The van der Waals surface area contributed by atoms with Crippen molar-refractivity contribution in [2.24, 2.45) is 5.41 Å². The van der Waals surface area contributed by atoms with Gasteiger partial charge < -0.3 is 5.32 Å². The van der Waals surface area contributed by atoms with Gasteiger partial charge in [0.25, 0.3) is 0 Å². The third-order valence-electron chi connectivity index (χ3n) is 4.49. The first-order chi connectivity index (χ1) is 12.5. The highest BCUT2D eigenvalue weighted by atomic mass is 32.1. The Hall–Kier alpha value is -2.46. The average Bonchev–Trinajstić information content (AvgIpc) is 3.11. The summed E-state index contributed by atoms with van der Waals surface area (Å²) in [6.45, 7) is 6.07. The number of anilines is 1. The van der Waals surface area contributed by atoms with Crippen molar-refractivity contribution in [2.75, 3.05) is 5.32 Å². The van der Waals surface area contributed by atoms with E-state index >= 15 is 0 Å². The molecule has 1 amide bonds. The normalized spacial score (nSPS) is 11.3. The molecule has 4 heteroatoms. The molecule has 0 saturated carbocycles. The van der Waals surface area contributed by atoms with Gasteiger partial charge in [-0.2, -0.15) is 0 Å². The number of hydrogen-bond donors (Lipinski definition) is 1. The van der Waals surface area contributed by atoms with Gasteiger partial charge in [-0.1, -0.05) is 75.4 Å². The fraction of sp³-hybridized carbons (Fsp3) is 0.273. The molecule has 3 nitrogen and oxygen atoms in total. The Kier molecular flexibility index (Phi) is 5.52. The Morgan fingerprint density at radius 2 is 1.73 bits per heavy atom. The van der Waals surface area contributed by atoms with Crippen molar-refractivity contribution >= 4 is 22.4 Å². The number of benzene rings is 2. The third kappa shape index (κ3) is 4.38. The van der Waals surface area contributed by atoms with Crippen LogP contribution < -0.4 is 5.32 Å². The molecule has 0 radical (unpaired) electrons. The number of nitrogens with zero attached hydrogens (tertiary/aromatic N) is 1. The van der Waals surface area contributed by atoms with E-state index in [1.54, 1.807) is 0 Å². The maximum Gasteiger partial charge on any atom is 0.232 e. The zero-order chi connectivity index (χ0) is 18.6. The highest BCUT2D eigenvalue weighted by Crippen LogP contribution is 2.28. The van der Waals surface area contributed by atoms with Crippen LogP contribution in [0.3, 0.4) is 0 Å². The lowest BCUT2D eigenvalue weighted by Crippen LogP contribution is -2.32. The van der Waals surface area contributed by atoms with Crippen LogP contribution in [0.2, 0.25) is 0 Å². The lowest BCUT2D eigenvalue weighted by Gasteiger charge is -2.22. The van der Waals surface area contributed by atoms with Gasteiger partial charge >= 0.3 is 0 Å². The first-order valence-corrected chi connectivity index (χ1v) is 9.76. The number of amides is 1. The predicted octanol–water partition coefficient (Wildman–Crippen LogP) is 5.58. The molecule has 1 heterocycles. The Morgan fingerprint density at radius 3 is 2.38 bits per heavy atom. The van der Waals surface area contributed by atoms with Gasteiger partial charge in [0.15, 0.2) is 5.13 Å². The zero-order valence-corrected chi connectivity index (χ0v) is 16.3. The van der Waals surface area contributed by atoms with Crippen LogP contribution in [-0.4, -0.2) is 10.9 Å². The number of carbonyl (C=O) groups excluding carboxylic acids is 1. The minimum absolute atomic E-state index is 0.0106. The molecule has 0 aliphatic heterocycles. The molecule has 2 aromatic carbocycles. The average molecular weight is 365 g/mol. The number of thiazole rings is 1. The van der Waals surface area contributed by atoms with Gasteiger partial charge in [0, 0.05) is 16.4 Å². The van der Waals surface area contributed by atoms with Crippen molar-refractivity contribution in [3.63, 3.8) is 0 Å². The Balaban J connectivity index is 1.68. The lowest BCUT2D eigenvalue weighted by molar-refractivity contribution is -0.123. The molecule has 26 heavy (non-hydrogen) atoms. The first kappa shape index (κ1) is 18.3. The minimum Gasteiger partial charge on any atom is -0.301 e. The lowest BCUT2D eigenvalue weighted by atomic mass is 9.85. The van der Waals surface area contributed by atoms with Crippen molar-refractivity contribution in [3.8, 4) is 11.3 Å². The van der Waals surface area contributed by atoms with Crippen LogP contribution >= 0.6 is 11.3 Å². The molecule has 134 valence electrons. The molecular formula is C22H24N2OS. The molecule has 0 aliphatic rings. The molecule has 0 unspecified atom stereocenters. The zero-order valence-electron chi connectivity index (χ0n) is 15.5. The number of nitrogens with one attached hydrogen (secondary N) is 1. The minimum atomic E-state index is -0.504. The highest BCUT2D eigenvalue weighted by molar-refractivity contribution is 7.14. The summed E-state index contributed by atoms with van der Waals surface area (Å²) in [6, 6.07) is 18.5. The summed E-state index contributed by atoms with van der Waals surface area (Å²) in [5.74, 6) is -0.0106. The van der Waals surface area contributed by atoms with E-state index in [9.17, 15) is 4.79 Å². The Bertz CT molecular complexity index is 867. The van der Waals surface area contributed by atoms with Crippen molar-refractivity contribution in [1.29, 1.82) is 0 Å². The largest absolute Gasteiger partial charge is 0.301 e. The van der Waals surface area contributed by atoms with Crippen LogP contribution in [-0.2, 0) is 17.6 Å². The Morgan fingerprint density at radius 1 is 1.04 bits per heavy atom. The summed E-state index contributed by atoms with van der Waals surface area (Å²) in [5, 5.41) is 5.61. The number of carbonyl (C=O) groups is 1. The molecular weight excluding hydrogens is 340 g/mol. The summed E-state index contributed by atoms with van der Waals surface area (Å²) in [5.41, 5.74) is 3.93. The summed E-state index contributed by atoms with van der Waals surface area (Å²) in [4.78, 5) is 17.3. The third-order valence-corrected chi connectivity index (χ3v) is 5.24. The number of hydrogen-bond acceptors (Lipinski definition) is 3. The smallest absolute Gasteiger partial charge is 0.232 e. The Labute approximate surface area is 159 Å². The van der Waals surface area contributed by atoms with Crippen LogP contribution in [0.1, 0.15) is 31.9 Å². The van der Waals surface area contributed by atoms with Crippen LogP contribution in [0.25, 0.3) is 11.3 Å². The van der Waals surface area contributed by atoms with E-state index in [1.165, 1.54) is 16.9 Å². The molecule has 1 N–H and O–H groups in total. The second-order valence-electron chi connectivity index (χ2n) is 7.09. The molecule has 0 fully saturated rings. The van der Waals surface area contributed by atoms with E-state index in [1.807, 2.05) is 37.4 Å². The van der Waals surface area contributed by atoms with E-state index in [2.05, 4.69) is 53.6 Å². The second kappa shape index (κ2) is 7.83. The molecule has 0 saturated heterocycles. The molecule has 0 atom stereocenters. The SMILES string of the molecule is CCc1ccc(-c2csc(NC(=O)C(C)(C)Cc3ccccc3)n2)cc1. The second-order valence-corrected chi connectivity index (χ2v) is 7.95. The quantitative estimate of drug-likeness (QED) is 0.620. The topological polar surface area (TPSA) is 42.0 Å². The van der Waals surface area contributed by atoms with Crippen LogP contribution in [0.15, 0.2) is 60.0 Å². The van der Waals surface area contributed by atoms with Gasteiger partial charge in [-0.05, 0) is 24.0 Å². The molecule has 3 rings (SSSR count). The summed E-state index contributed by atoms with van der Waals surface area (Å²) in [6.07, 6.45) is 1.71. The van der Waals surface area contributed by atoms with E-state index in [4.69, 9.17) is 0 Å². The molecule has 1 aromatic heterocycles. The summed E-state index contributed by atoms with van der Waals surface area (Å²) in [7, 11) is 0. The van der Waals surface area contributed by atoms with Crippen molar-refractivity contribution in [3.05, 3.63) is 71.1 Å². The number of aryl methyl sites for hydroxylation is 1. The van der Waals surface area contributed by atoms with Crippen molar-refractivity contribution in [1.82, 2.24) is 4.98 Å². The van der Waals surface area contributed by atoms with Gasteiger partial charge in [-0.15, -0.1) is 11.3 Å². The molecule has 0 spiro atoms. The molecule has 0 bridgehead atoms. The van der Waals surface area contributed by atoms with Gasteiger partial charge in [-0.3, -0.25) is 4.79 Å². The van der Waals surface area contributed by atoms with Gasteiger partial charge in [0.05, 0.1) is 5.69 Å². The maximum absolute atomic E-state index is 12.7. The fourth-order valence-electron chi connectivity index (χ4n) is 2.83. The van der Waals surface area contributed by atoms with Crippen LogP contribution in [0.4, 0.5) is 5.13 Å². The van der Waals surface area contributed by atoms with E-state index in [0.717, 1.165) is 23.2 Å². The highest BCUT2D eigenvalue weighted by Gasteiger charge is 2.28. The molecule has 0 aliphatic carbocycles.